The van der Waals surface area contributed by atoms with E-state index in [2.05, 4.69) is 27.8 Å². The third-order valence-electron chi connectivity index (χ3n) is 4.71. The molecule has 2 aromatic rings. The molecule has 0 spiro atoms. The summed E-state index contributed by atoms with van der Waals surface area (Å²) in [6.07, 6.45) is 3.83. The number of ether oxygens (including phenoxy) is 2. The highest BCUT2D eigenvalue weighted by Crippen LogP contribution is 2.18. The summed E-state index contributed by atoms with van der Waals surface area (Å²) in [5.74, 6) is 1.70. The van der Waals surface area contributed by atoms with Gasteiger partial charge in [0.2, 0.25) is 0 Å². The molecule has 0 bridgehead atoms. The third-order valence-corrected chi connectivity index (χ3v) is 4.71. The van der Waals surface area contributed by atoms with E-state index in [1.165, 1.54) is 11.1 Å². The molecule has 2 heterocycles. The zero-order valence-electron chi connectivity index (χ0n) is 15.1. The number of aryl methyl sites for hydroxylation is 1. The lowest BCUT2D eigenvalue weighted by molar-refractivity contribution is 0.112. The van der Waals surface area contributed by atoms with E-state index < -0.39 is 0 Å². The Morgan fingerprint density at radius 2 is 1.80 bits per heavy atom. The highest BCUT2D eigenvalue weighted by Gasteiger charge is 2.17. The highest BCUT2D eigenvalue weighted by atomic mass is 16.5. The smallest absolute Gasteiger partial charge is 0.123 e. The standard InChI is InChI=1S/C20H27N3O2/c1-17-15-21-7-6-18(17)16-23-10-8-22(9-11-23)12-13-25-20-5-3-4-19(14-20)24-2/h3-7,14-15H,8-13,16H2,1-2H3. The van der Waals surface area contributed by atoms with Crippen molar-refractivity contribution >= 4 is 0 Å². The molecule has 5 heteroatoms. The van der Waals surface area contributed by atoms with Gasteiger partial charge in [0.05, 0.1) is 7.11 Å². The van der Waals surface area contributed by atoms with Crippen molar-refractivity contribution in [3.05, 3.63) is 53.9 Å². The van der Waals surface area contributed by atoms with Crippen LogP contribution in [-0.4, -0.2) is 61.2 Å². The second-order valence-corrected chi connectivity index (χ2v) is 6.45. The van der Waals surface area contributed by atoms with Crippen molar-refractivity contribution in [2.75, 3.05) is 46.4 Å². The van der Waals surface area contributed by atoms with Gasteiger partial charge in [-0.25, -0.2) is 0 Å². The summed E-state index contributed by atoms with van der Waals surface area (Å²) in [7, 11) is 1.67. The minimum absolute atomic E-state index is 0.705. The van der Waals surface area contributed by atoms with E-state index in [1.807, 2.05) is 36.7 Å². The van der Waals surface area contributed by atoms with Crippen LogP contribution in [-0.2, 0) is 6.54 Å². The maximum atomic E-state index is 5.85. The Kier molecular flexibility index (Phi) is 6.25. The van der Waals surface area contributed by atoms with Crippen LogP contribution in [0.25, 0.3) is 0 Å². The van der Waals surface area contributed by atoms with Gasteiger partial charge in [0.25, 0.3) is 0 Å². The average molecular weight is 341 g/mol. The largest absolute Gasteiger partial charge is 0.497 e. The average Bonchev–Trinajstić information content (AvgIpc) is 2.65. The van der Waals surface area contributed by atoms with Crippen molar-refractivity contribution in [1.29, 1.82) is 0 Å². The number of nitrogens with zero attached hydrogens (tertiary/aromatic N) is 3. The van der Waals surface area contributed by atoms with Gasteiger partial charge in [0.15, 0.2) is 0 Å². The van der Waals surface area contributed by atoms with Gasteiger partial charge in [0, 0.05) is 57.7 Å². The molecule has 25 heavy (non-hydrogen) atoms. The number of methoxy groups -OCH3 is 1. The van der Waals surface area contributed by atoms with Crippen molar-refractivity contribution in [3.63, 3.8) is 0 Å². The van der Waals surface area contributed by atoms with E-state index in [0.717, 1.165) is 50.8 Å². The molecule has 3 rings (SSSR count). The Hall–Kier alpha value is -2.11. The Morgan fingerprint density at radius 3 is 2.56 bits per heavy atom. The van der Waals surface area contributed by atoms with Crippen molar-refractivity contribution in [2.45, 2.75) is 13.5 Å². The lowest BCUT2D eigenvalue weighted by Gasteiger charge is -2.34. The maximum absolute atomic E-state index is 5.85. The molecule has 1 aliphatic rings. The fourth-order valence-electron chi connectivity index (χ4n) is 3.08. The third kappa shape index (κ3) is 5.18. The SMILES string of the molecule is COc1cccc(OCCN2CCN(Cc3ccncc3C)CC2)c1. The first-order valence-corrected chi connectivity index (χ1v) is 8.85. The van der Waals surface area contributed by atoms with Crippen LogP contribution in [0.2, 0.25) is 0 Å². The van der Waals surface area contributed by atoms with Gasteiger partial charge < -0.3 is 9.47 Å². The van der Waals surface area contributed by atoms with Crippen LogP contribution < -0.4 is 9.47 Å². The number of piperazine rings is 1. The first kappa shape index (κ1) is 17.7. The second kappa shape index (κ2) is 8.83. The number of pyridine rings is 1. The van der Waals surface area contributed by atoms with Crippen molar-refractivity contribution in [2.24, 2.45) is 0 Å². The number of benzene rings is 1. The molecule has 5 nitrogen and oxygen atoms in total. The van der Waals surface area contributed by atoms with Gasteiger partial charge in [-0.15, -0.1) is 0 Å². The number of hydrogen-bond acceptors (Lipinski definition) is 5. The van der Waals surface area contributed by atoms with Crippen LogP contribution in [0, 0.1) is 6.92 Å². The van der Waals surface area contributed by atoms with Gasteiger partial charge in [-0.1, -0.05) is 6.07 Å². The monoisotopic (exact) mass is 341 g/mol. The summed E-state index contributed by atoms with van der Waals surface area (Å²) in [6, 6.07) is 9.90. The Morgan fingerprint density at radius 1 is 1.04 bits per heavy atom. The Balaban J connectivity index is 1.38. The minimum atomic E-state index is 0.705. The van der Waals surface area contributed by atoms with Crippen molar-refractivity contribution < 1.29 is 9.47 Å². The summed E-state index contributed by atoms with van der Waals surface area (Å²) in [5.41, 5.74) is 2.65. The first-order valence-electron chi connectivity index (χ1n) is 8.85. The van der Waals surface area contributed by atoms with E-state index in [-0.39, 0.29) is 0 Å². The lowest BCUT2D eigenvalue weighted by atomic mass is 10.1. The van der Waals surface area contributed by atoms with Crippen LogP contribution in [0.3, 0.4) is 0 Å². The zero-order valence-corrected chi connectivity index (χ0v) is 15.1. The molecule has 0 saturated carbocycles. The number of rotatable bonds is 7. The van der Waals surface area contributed by atoms with Gasteiger partial charge >= 0.3 is 0 Å². The summed E-state index contributed by atoms with van der Waals surface area (Å²) in [4.78, 5) is 9.16. The molecule has 1 aliphatic heterocycles. The van der Waals surface area contributed by atoms with E-state index >= 15 is 0 Å². The van der Waals surface area contributed by atoms with Crippen molar-refractivity contribution in [1.82, 2.24) is 14.8 Å². The molecule has 134 valence electrons. The molecule has 1 saturated heterocycles. The van der Waals surface area contributed by atoms with Gasteiger partial charge in [-0.2, -0.15) is 0 Å². The van der Waals surface area contributed by atoms with E-state index in [0.29, 0.717) is 6.61 Å². The van der Waals surface area contributed by atoms with E-state index in [4.69, 9.17) is 9.47 Å². The minimum Gasteiger partial charge on any atom is -0.497 e. The van der Waals surface area contributed by atoms with Gasteiger partial charge in [-0.05, 0) is 36.2 Å². The fraction of sp³-hybridized carbons (Fsp3) is 0.450. The molecule has 1 aromatic carbocycles. The van der Waals surface area contributed by atoms with Gasteiger partial charge in [0.1, 0.15) is 18.1 Å². The summed E-state index contributed by atoms with van der Waals surface area (Å²) >= 11 is 0. The Labute approximate surface area is 150 Å². The quantitative estimate of drug-likeness (QED) is 0.774. The van der Waals surface area contributed by atoms with Crippen LogP contribution in [0.4, 0.5) is 0 Å². The topological polar surface area (TPSA) is 37.8 Å². The molecular formula is C20H27N3O2. The van der Waals surface area contributed by atoms with Gasteiger partial charge in [-0.3, -0.25) is 14.8 Å². The molecule has 0 N–H and O–H groups in total. The summed E-state index contributed by atoms with van der Waals surface area (Å²) in [6.45, 7) is 9.19. The molecule has 0 radical (unpaired) electrons. The lowest BCUT2D eigenvalue weighted by Crippen LogP contribution is -2.47. The first-order chi connectivity index (χ1) is 12.2. The van der Waals surface area contributed by atoms with Crippen molar-refractivity contribution in [3.8, 4) is 11.5 Å². The van der Waals surface area contributed by atoms with Crippen LogP contribution in [0.5, 0.6) is 11.5 Å². The predicted molar refractivity (Wildman–Crippen MR) is 99.2 cm³/mol. The zero-order chi connectivity index (χ0) is 17.5. The number of hydrogen-bond donors (Lipinski definition) is 0. The van der Waals surface area contributed by atoms with E-state index in [9.17, 15) is 0 Å². The summed E-state index contributed by atoms with van der Waals surface area (Å²) < 4.78 is 11.1. The predicted octanol–water partition coefficient (Wildman–Crippen LogP) is 2.60. The van der Waals surface area contributed by atoms with Crippen LogP contribution in [0.15, 0.2) is 42.7 Å². The van der Waals surface area contributed by atoms with E-state index in [1.54, 1.807) is 7.11 Å². The highest BCUT2D eigenvalue weighted by molar-refractivity contribution is 5.32. The molecule has 0 amide bonds. The van der Waals surface area contributed by atoms with Crippen LogP contribution >= 0.6 is 0 Å². The summed E-state index contributed by atoms with van der Waals surface area (Å²) in [5, 5.41) is 0. The molecule has 0 atom stereocenters. The molecular weight excluding hydrogens is 314 g/mol. The molecule has 0 unspecified atom stereocenters. The normalized spacial score (nSPS) is 15.9. The molecule has 1 aromatic heterocycles. The molecule has 0 aliphatic carbocycles. The fourth-order valence-corrected chi connectivity index (χ4v) is 3.08. The number of aromatic nitrogens is 1. The maximum Gasteiger partial charge on any atom is 0.123 e. The Bertz CT molecular complexity index is 669. The second-order valence-electron chi connectivity index (χ2n) is 6.45. The van der Waals surface area contributed by atoms with Crippen LogP contribution in [0.1, 0.15) is 11.1 Å². The molecule has 1 fully saturated rings.